The van der Waals surface area contributed by atoms with Crippen molar-refractivity contribution in [3.8, 4) is 0 Å². The maximum Gasteiger partial charge on any atom is 0.242 e. The number of anilines is 1. The smallest absolute Gasteiger partial charge is 0.242 e. The molecular formula is C15H22N2O2S. The van der Waals surface area contributed by atoms with Gasteiger partial charge in [0, 0.05) is 25.8 Å². The third kappa shape index (κ3) is 2.44. The maximum atomic E-state index is 12.0. The lowest BCUT2D eigenvalue weighted by Crippen LogP contribution is -2.26. The second-order valence-electron chi connectivity index (χ2n) is 6.24. The topological polar surface area (TPSA) is 49.4 Å². The molecular weight excluding hydrogens is 272 g/mol. The van der Waals surface area contributed by atoms with Gasteiger partial charge >= 0.3 is 0 Å². The van der Waals surface area contributed by atoms with E-state index >= 15 is 0 Å². The summed E-state index contributed by atoms with van der Waals surface area (Å²) in [5.74, 6) is 1.72. The van der Waals surface area contributed by atoms with Gasteiger partial charge in [0.1, 0.15) is 0 Å². The van der Waals surface area contributed by atoms with Crippen LogP contribution in [0.1, 0.15) is 25.7 Å². The Morgan fingerprint density at radius 2 is 1.80 bits per heavy atom. The lowest BCUT2D eigenvalue weighted by atomic mass is 9.95. The number of sulfonamides is 1. The van der Waals surface area contributed by atoms with Crippen molar-refractivity contribution in [1.82, 2.24) is 4.31 Å². The van der Waals surface area contributed by atoms with Crippen LogP contribution in [-0.4, -0.2) is 32.9 Å². The summed E-state index contributed by atoms with van der Waals surface area (Å²) in [5.41, 5.74) is 1.03. The third-order valence-electron chi connectivity index (χ3n) is 4.72. The van der Waals surface area contributed by atoms with Crippen LogP contribution < -0.4 is 5.32 Å². The molecule has 2 fully saturated rings. The van der Waals surface area contributed by atoms with Crippen molar-refractivity contribution in [3.05, 3.63) is 24.3 Å². The fraction of sp³-hybridized carbons (Fsp3) is 0.600. The van der Waals surface area contributed by atoms with Crippen LogP contribution in [0.15, 0.2) is 29.2 Å². The summed E-state index contributed by atoms with van der Waals surface area (Å²) in [6, 6.07) is 7.70. The van der Waals surface area contributed by atoms with Gasteiger partial charge < -0.3 is 5.32 Å². The first-order chi connectivity index (χ1) is 9.46. The molecule has 2 aliphatic carbocycles. The van der Waals surface area contributed by atoms with E-state index in [0.29, 0.717) is 10.9 Å². The van der Waals surface area contributed by atoms with Crippen LogP contribution in [0, 0.1) is 11.8 Å². The van der Waals surface area contributed by atoms with Crippen LogP contribution in [0.25, 0.3) is 0 Å². The summed E-state index contributed by atoms with van der Waals surface area (Å²) < 4.78 is 25.2. The predicted octanol–water partition coefficient (Wildman–Crippen LogP) is 2.54. The van der Waals surface area contributed by atoms with Gasteiger partial charge in [-0.1, -0.05) is 6.42 Å². The Labute approximate surface area is 121 Å². The average Bonchev–Trinajstić information content (AvgIpc) is 3.01. The van der Waals surface area contributed by atoms with Crippen LogP contribution in [0.3, 0.4) is 0 Å². The summed E-state index contributed by atoms with van der Waals surface area (Å²) in [7, 11) is -0.219. The molecule has 0 radical (unpaired) electrons. The molecule has 0 saturated heterocycles. The second-order valence-corrected chi connectivity index (χ2v) is 8.39. The normalized spacial score (nSPS) is 29.1. The monoisotopic (exact) mass is 294 g/mol. The van der Waals surface area contributed by atoms with Gasteiger partial charge in [-0.2, -0.15) is 0 Å². The molecule has 20 heavy (non-hydrogen) atoms. The first-order valence-corrected chi connectivity index (χ1v) is 8.70. The summed E-state index contributed by atoms with van der Waals surface area (Å²) in [6.45, 7) is 0. The van der Waals surface area contributed by atoms with Crippen LogP contribution in [0.4, 0.5) is 5.69 Å². The molecule has 110 valence electrons. The molecule has 1 aromatic carbocycles. The van der Waals surface area contributed by atoms with E-state index in [1.807, 2.05) is 12.1 Å². The molecule has 0 heterocycles. The Morgan fingerprint density at radius 1 is 1.10 bits per heavy atom. The van der Waals surface area contributed by atoms with Crippen LogP contribution in [0.2, 0.25) is 0 Å². The quantitative estimate of drug-likeness (QED) is 0.928. The molecule has 0 amide bonds. The number of fused-ring (bicyclic) bond motifs is 2. The molecule has 2 saturated carbocycles. The van der Waals surface area contributed by atoms with E-state index in [-0.39, 0.29) is 0 Å². The van der Waals surface area contributed by atoms with Gasteiger partial charge in [-0.25, -0.2) is 12.7 Å². The molecule has 0 spiro atoms. The highest BCUT2D eigenvalue weighted by Gasteiger charge is 2.39. The maximum absolute atomic E-state index is 12.0. The van der Waals surface area contributed by atoms with E-state index < -0.39 is 10.0 Å². The number of nitrogens with zero attached hydrogens (tertiary/aromatic N) is 1. The van der Waals surface area contributed by atoms with Gasteiger partial charge in [0.2, 0.25) is 10.0 Å². The van der Waals surface area contributed by atoms with Crippen LogP contribution in [-0.2, 0) is 10.0 Å². The van der Waals surface area contributed by atoms with E-state index in [4.69, 9.17) is 0 Å². The zero-order chi connectivity index (χ0) is 14.3. The predicted molar refractivity (Wildman–Crippen MR) is 80.2 cm³/mol. The molecule has 1 N–H and O–H groups in total. The molecule has 4 nitrogen and oxygen atoms in total. The van der Waals surface area contributed by atoms with Gasteiger partial charge in [-0.05, 0) is 55.4 Å². The third-order valence-corrected chi connectivity index (χ3v) is 6.55. The van der Waals surface area contributed by atoms with Crippen molar-refractivity contribution in [2.24, 2.45) is 11.8 Å². The zero-order valence-corrected chi connectivity index (χ0v) is 12.9. The largest absolute Gasteiger partial charge is 0.382 e. The summed E-state index contributed by atoms with van der Waals surface area (Å²) in [5, 5.41) is 3.57. The van der Waals surface area contributed by atoms with Crippen LogP contribution in [0.5, 0.6) is 0 Å². The molecule has 3 atom stereocenters. The van der Waals surface area contributed by atoms with Crippen molar-refractivity contribution < 1.29 is 8.42 Å². The molecule has 1 aromatic rings. The van der Waals surface area contributed by atoms with E-state index in [2.05, 4.69) is 5.32 Å². The van der Waals surface area contributed by atoms with E-state index in [1.165, 1.54) is 30.0 Å². The highest BCUT2D eigenvalue weighted by atomic mass is 32.2. The molecule has 0 aliphatic heterocycles. The van der Waals surface area contributed by atoms with Gasteiger partial charge in [0.15, 0.2) is 0 Å². The minimum atomic E-state index is -3.32. The SMILES string of the molecule is CN(C)S(=O)(=O)c1ccc(NC2CC3CCC2C3)cc1. The summed E-state index contributed by atoms with van der Waals surface area (Å²) in [6.07, 6.45) is 5.37. The Bertz CT molecular complexity index is 580. The van der Waals surface area contributed by atoms with Crippen LogP contribution >= 0.6 is 0 Å². The molecule has 0 aromatic heterocycles. The fourth-order valence-corrected chi connectivity index (χ4v) is 4.47. The molecule has 3 unspecified atom stereocenters. The molecule has 2 bridgehead atoms. The molecule has 3 rings (SSSR count). The highest BCUT2D eigenvalue weighted by molar-refractivity contribution is 7.89. The number of hydrogen-bond acceptors (Lipinski definition) is 3. The van der Waals surface area contributed by atoms with E-state index in [1.54, 1.807) is 26.2 Å². The number of nitrogens with one attached hydrogen (secondary N) is 1. The lowest BCUT2D eigenvalue weighted by Gasteiger charge is -2.24. The van der Waals surface area contributed by atoms with Gasteiger partial charge in [0.25, 0.3) is 0 Å². The van der Waals surface area contributed by atoms with Crippen molar-refractivity contribution >= 4 is 15.7 Å². The van der Waals surface area contributed by atoms with Gasteiger partial charge in [-0.15, -0.1) is 0 Å². The van der Waals surface area contributed by atoms with E-state index in [0.717, 1.165) is 17.5 Å². The summed E-state index contributed by atoms with van der Waals surface area (Å²) >= 11 is 0. The number of rotatable bonds is 4. The van der Waals surface area contributed by atoms with E-state index in [9.17, 15) is 8.42 Å². The fourth-order valence-electron chi connectivity index (χ4n) is 3.57. The summed E-state index contributed by atoms with van der Waals surface area (Å²) in [4.78, 5) is 0.348. The average molecular weight is 294 g/mol. The zero-order valence-electron chi connectivity index (χ0n) is 12.0. The minimum absolute atomic E-state index is 0.348. The lowest BCUT2D eigenvalue weighted by molar-refractivity contribution is 0.440. The van der Waals surface area contributed by atoms with Gasteiger partial charge in [-0.3, -0.25) is 0 Å². The minimum Gasteiger partial charge on any atom is -0.382 e. The van der Waals surface area contributed by atoms with Gasteiger partial charge in [0.05, 0.1) is 4.90 Å². The standard InChI is InChI=1S/C15H22N2O2S/c1-17(2)20(18,19)14-7-5-13(6-8-14)16-15-10-11-3-4-12(15)9-11/h5-8,11-12,15-16H,3-4,9-10H2,1-2H3. The Morgan fingerprint density at radius 3 is 2.30 bits per heavy atom. The van der Waals surface area contributed by atoms with Crippen molar-refractivity contribution in [2.45, 2.75) is 36.6 Å². The molecule has 5 heteroatoms. The highest BCUT2D eigenvalue weighted by Crippen LogP contribution is 2.45. The first-order valence-electron chi connectivity index (χ1n) is 7.26. The van der Waals surface area contributed by atoms with Crippen molar-refractivity contribution in [1.29, 1.82) is 0 Å². The van der Waals surface area contributed by atoms with Crippen molar-refractivity contribution in [3.63, 3.8) is 0 Å². The molecule has 2 aliphatic rings. The number of benzene rings is 1. The van der Waals surface area contributed by atoms with Crippen molar-refractivity contribution in [2.75, 3.05) is 19.4 Å². The Hall–Kier alpha value is -1.07. The Balaban J connectivity index is 1.71. The number of hydrogen-bond donors (Lipinski definition) is 1. The first kappa shape index (κ1) is 13.9. The Kier molecular flexibility index (Phi) is 3.50. The second kappa shape index (κ2) is 5.04.